The van der Waals surface area contributed by atoms with Crippen LogP contribution in [0.5, 0.6) is 0 Å². The molecule has 0 saturated carbocycles. The zero-order valence-corrected chi connectivity index (χ0v) is 47.5. The second kappa shape index (κ2) is 28.7. The Morgan fingerprint density at radius 2 is 1.13 bits per heavy atom. The van der Waals surface area contributed by atoms with Crippen LogP contribution in [0.4, 0.5) is 0 Å². The first-order valence-electron chi connectivity index (χ1n) is 22.7. The number of benzene rings is 3. The third kappa shape index (κ3) is 17.8. The molecule has 8 heterocycles. The number of aromatic nitrogens is 7. The van der Waals surface area contributed by atoms with E-state index in [-0.39, 0.29) is 0 Å². The van der Waals surface area contributed by atoms with Crippen LogP contribution in [-0.2, 0) is 0 Å². The maximum absolute atomic E-state index is 5.50. The summed E-state index contributed by atoms with van der Waals surface area (Å²) in [6.07, 6.45) is 6.20. The molecule has 11 rings (SSSR count). The van der Waals surface area contributed by atoms with E-state index in [4.69, 9.17) is 4.42 Å². The molecule has 0 N–H and O–H groups in total. The highest BCUT2D eigenvalue weighted by atomic mass is 32.1. The van der Waals surface area contributed by atoms with Gasteiger partial charge in [0.1, 0.15) is 17.0 Å². The van der Waals surface area contributed by atoms with Gasteiger partial charge in [-0.25, -0.2) is 9.36 Å². The maximum Gasteiger partial charge on any atom is 0.156 e. The van der Waals surface area contributed by atoms with E-state index >= 15 is 0 Å². The van der Waals surface area contributed by atoms with E-state index in [1.54, 1.807) is 34.2 Å². The second-order valence-electron chi connectivity index (χ2n) is 16.5. The van der Waals surface area contributed by atoms with Crippen molar-refractivity contribution in [2.24, 2.45) is 0 Å². The van der Waals surface area contributed by atoms with Gasteiger partial charge in [0.25, 0.3) is 0 Å². The van der Waals surface area contributed by atoms with Gasteiger partial charge in [-0.05, 0) is 208 Å². The molecule has 3 aromatic carbocycles. The minimum atomic E-state index is 0.792. The number of nitrogens with zero attached hydrogens (tertiary/aromatic N) is 7. The van der Waals surface area contributed by atoms with Crippen molar-refractivity contribution in [3.05, 3.63) is 201 Å². The molecule has 0 radical (unpaired) electrons. The number of rotatable bonds is 1. The molecule has 11 aromatic rings. The van der Waals surface area contributed by atoms with Crippen molar-refractivity contribution in [1.82, 2.24) is 33.9 Å². The summed E-state index contributed by atoms with van der Waals surface area (Å²) in [6, 6.07) is 29.2. The predicted octanol–water partition coefficient (Wildman–Crippen LogP) is 17.4. The first-order chi connectivity index (χ1) is 33.4. The van der Waals surface area contributed by atoms with Crippen molar-refractivity contribution in [3.63, 3.8) is 0 Å². The number of thiophene rings is 2. The van der Waals surface area contributed by atoms with Gasteiger partial charge in [-0.2, -0.15) is 0 Å². The van der Waals surface area contributed by atoms with Gasteiger partial charge >= 0.3 is 0 Å². The Morgan fingerprint density at radius 1 is 0.486 bits per heavy atom. The van der Waals surface area contributed by atoms with Gasteiger partial charge in [-0.15, -0.1) is 44.2 Å². The third-order valence-corrected chi connectivity index (χ3v) is 15.9. The standard InChI is InChI=1S/C12H13N.C10H10O.C10H10S.C6H8S.2C5H7NS.C4H6N2O.C4H6N2S/c1-10-8-13(9-11(10)2)12-6-4-3-5-7-12;2*1-7-8(2)11-10-6-4-3-5-9(7)10;1-5-3-4-7-6(5)2;1-4-5(2)7-3-6-4;1-4-3-6-7-5(4)2;2*1-3-4(2)7-6-5-3/h3-9H,1-2H3;2*3-6H,1-2H3;3-4H,1-2H3;2*3H,1-2H3;2*1-2H3. The molecule has 9 nitrogen and oxygen atoms in total. The summed E-state index contributed by atoms with van der Waals surface area (Å²) >= 11 is 8.37. The summed E-state index contributed by atoms with van der Waals surface area (Å²) in [5, 5.41) is 15.4. The second-order valence-corrected chi connectivity index (χ2v) is 21.9. The summed E-state index contributed by atoms with van der Waals surface area (Å²) in [4.78, 5) is 10.7. The molecule has 0 fully saturated rings. The van der Waals surface area contributed by atoms with E-state index in [9.17, 15) is 0 Å². The molecule has 0 saturated heterocycles. The molecule has 368 valence electrons. The molecule has 0 atom stereocenters. The fourth-order valence-corrected chi connectivity index (χ4v) is 9.13. The maximum atomic E-state index is 5.50. The van der Waals surface area contributed by atoms with Crippen molar-refractivity contribution >= 4 is 78.1 Å². The van der Waals surface area contributed by atoms with Crippen LogP contribution in [0, 0.1) is 111 Å². The first kappa shape index (κ1) is 56.7. The number of para-hydroxylation sites is 2. The molecule has 0 aliphatic rings. The summed E-state index contributed by atoms with van der Waals surface area (Å²) in [5.41, 5.74) is 15.2. The van der Waals surface area contributed by atoms with E-state index in [0.717, 1.165) is 34.2 Å². The molecule has 0 spiro atoms. The lowest BCUT2D eigenvalue weighted by Crippen LogP contribution is -1.87. The smallest absolute Gasteiger partial charge is 0.156 e. The Kier molecular flexibility index (Phi) is 23.2. The zero-order valence-electron chi connectivity index (χ0n) is 43.5. The summed E-state index contributed by atoms with van der Waals surface area (Å²) in [7, 11) is 0. The van der Waals surface area contributed by atoms with Crippen molar-refractivity contribution in [1.29, 1.82) is 0 Å². The largest absolute Gasteiger partial charge is 0.461 e. The summed E-state index contributed by atoms with van der Waals surface area (Å²) in [6.45, 7) is 32.9. The average Bonchev–Trinajstić information content (AvgIpc) is 4.28. The van der Waals surface area contributed by atoms with E-state index in [2.05, 4.69) is 186 Å². The molecule has 0 aliphatic carbocycles. The average molecular weight is 1030 g/mol. The van der Waals surface area contributed by atoms with E-state index in [1.165, 1.54) is 90.5 Å². The molecular formula is C56H67N7O2S5. The van der Waals surface area contributed by atoms with Crippen molar-refractivity contribution in [3.8, 4) is 5.69 Å². The number of aryl methyl sites for hydroxylation is 16. The van der Waals surface area contributed by atoms with Gasteiger partial charge in [0.05, 0.1) is 16.9 Å². The normalized spacial score (nSPS) is 10.0. The van der Waals surface area contributed by atoms with Crippen LogP contribution in [0.2, 0.25) is 0 Å². The van der Waals surface area contributed by atoms with Gasteiger partial charge in [-0.1, -0.05) is 59.1 Å². The van der Waals surface area contributed by atoms with E-state index < -0.39 is 0 Å². The molecule has 0 amide bonds. The minimum Gasteiger partial charge on any atom is -0.461 e. The van der Waals surface area contributed by atoms with Crippen LogP contribution in [0.3, 0.4) is 0 Å². The molecule has 14 heteroatoms. The predicted molar refractivity (Wildman–Crippen MR) is 302 cm³/mol. The van der Waals surface area contributed by atoms with Crippen LogP contribution >= 0.6 is 57.1 Å². The van der Waals surface area contributed by atoms with Crippen molar-refractivity contribution in [2.45, 2.75) is 111 Å². The quantitative estimate of drug-likeness (QED) is 0.160. The van der Waals surface area contributed by atoms with Gasteiger partial charge in [0, 0.05) is 64.0 Å². The monoisotopic (exact) mass is 1030 g/mol. The van der Waals surface area contributed by atoms with Crippen molar-refractivity contribution in [2.75, 3.05) is 0 Å². The highest BCUT2D eigenvalue weighted by Crippen LogP contribution is 2.29. The Hall–Kier alpha value is -5.90. The zero-order chi connectivity index (χ0) is 51.3. The summed E-state index contributed by atoms with van der Waals surface area (Å²) in [5.74, 6) is 1.81. The first-order valence-corrected chi connectivity index (χ1v) is 26.9. The van der Waals surface area contributed by atoms with Crippen LogP contribution in [-0.4, -0.2) is 33.9 Å². The molecule has 8 aromatic heterocycles. The van der Waals surface area contributed by atoms with Crippen LogP contribution < -0.4 is 0 Å². The highest BCUT2D eigenvalue weighted by molar-refractivity contribution is 7.19. The lowest BCUT2D eigenvalue weighted by atomic mass is 10.2. The number of thiazole rings is 1. The molecule has 0 bridgehead atoms. The fraction of sp³-hybridized carbons (Fsp3) is 0.286. The van der Waals surface area contributed by atoms with Gasteiger partial charge < -0.3 is 13.5 Å². The third-order valence-electron chi connectivity index (χ3n) is 11.4. The molecular weight excluding hydrogens is 963 g/mol. The van der Waals surface area contributed by atoms with Crippen molar-refractivity contribution < 1.29 is 8.94 Å². The fourth-order valence-electron chi connectivity index (χ4n) is 5.72. The van der Waals surface area contributed by atoms with Crippen LogP contribution in [0.15, 0.2) is 123 Å². The molecule has 0 aliphatic heterocycles. The Balaban J connectivity index is 0.000000176. The summed E-state index contributed by atoms with van der Waals surface area (Å²) < 4.78 is 21.3. The highest BCUT2D eigenvalue weighted by Gasteiger charge is 2.04. The topological polar surface area (TPSA) is 109 Å². The Labute approximate surface area is 435 Å². The number of fused-ring (bicyclic) bond motifs is 2. The van der Waals surface area contributed by atoms with E-state index in [0.29, 0.717) is 0 Å². The van der Waals surface area contributed by atoms with Crippen LogP contribution in [0.1, 0.15) is 86.4 Å². The Morgan fingerprint density at radius 3 is 1.51 bits per heavy atom. The van der Waals surface area contributed by atoms with E-state index in [1.807, 2.05) is 88.9 Å². The van der Waals surface area contributed by atoms with Crippen LogP contribution in [0.25, 0.3) is 26.7 Å². The number of hydrogen-bond acceptors (Lipinski definition) is 13. The lowest BCUT2D eigenvalue weighted by molar-refractivity contribution is 0.373. The minimum absolute atomic E-state index is 0.792. The molecule has 70 heavy (non-hydrogen) atoms. The lowest BCUT2D eigenvalue weighted by Gasteiger charge is -2.00. The number of furan rings is 1. The SMILES string of the molecule is Cc1ccsc1C.Cc1cn(-c2ccccc2)cc1C.Cc1cnsc1C.Cc1ncsc1C.Cc1nnoc1C.Cc1nnsc1C.Cc1oc2ccccc2c1C.Cc1sc2ccccc2c1C. The number of hydrogen-bond donors (Lipinski definition) is 0. The molecule has 0 unspecified atom stereocenters. The van der Waals surface area contributed by atoms with Gasteiger partial charge in [0.2, 0.25) is 0 Å². The Bertz CT molecular complexity index is 2810. The van der Waals surface area contributed by atoms with Gasteiger partial charge in [-0.3, -0.25) is 0 Å². The van der Waals surface area contributed by atoms with Gasteiger partial charge in [0.15, 0.2) is 5.76 Å².